The van der Waals surface area contributed by atoms with Gasteiger partial charge in [-0.25, -0.2) is 4.79 Å². The molecule has 1 aromatic carbocycles. The van der Waals surface area contributed by atoms with Gasteiger partial charge in [0.15, 0.2) is 10.0 Å². The second-order valence-electron chi connectivity index (χ2n) is 3.79. The summed E-state index contributed by atoms with van der Waals surface area (Å²) in [5.41, 5.74) is 1.32. The standard InChI is InChI=1S/C13H9ClN2O3S/c1-7-3-4-8(6-15)5-9(7)19-13-16-11(14)10(20-13)12(17)18-2/h3-5H,1-2H3. The Morgan fingerprint density at radius 2 is 2.25 bits per heavy atom. The third kappa shape index (κ3) is 2.90. The van der Waals surface area contributed by atoms with Crippen molar-refractivity contribution in [1.82, 2.24) is 4.98 Å². The topological polar surface area (TPSA) is 72.2 Å². The highest BCUT2D eigenvalue weighted by molar-refractivity contribution is 7.15. The Bertz CT molecular complexity index is 706. The highest BCUT2D eigenvalue weighted by Crippen LogP contribution is 2.33. The molecule has 0 aliphatic heterocycles. The average Bonchev–Trinajstić information content (AvgIpc) is 2.81. The van der Waals surface area contributed by atoms with Gasteiger partial charge in [-0.2, -0.15) is 10.2 Å². The van der Waals surface area contributed by atoms with Crippen molar-refractivity contribution in [2.45, 2.75) is 6.92 Å². The molecule has 0 aliphatic carbocycles. The van der Waals surface area contributed by atoms with E-state index in [0.717, 1.165) is 16.9 Å². The second kappa shape index (κ2) is 5.90. The smallest absolute Gasteiger partial charge is 0.351 e. The van der Waals surface area contributed by atoms with Gasteiger partial charge < -0.3 is 9.47 Å². The van der Waals surface area contributed by atoms with E-state index in [9.17, 15) is 4.79 Å². The number of hydrogen-bond acceptors (Lipinski definition) is 6. The largest absolute Gasteiger partial charge is 0.465 e. The number of nitrogens with zero attached hydrogens (tertiary/aromatic N) is 2. The monoisotopic (exact) mass is 308 g/mol. The number of carbonyl (C=O) groups excluding carboxylic acids is 1. The van der Waals surface area contributed by atoms with Gasteiger partial charge >= 0.3 is 5.97 Å². The van der Waals surface area contributed by atoms with Crippen LogP contribution in [-0.2, 0) is 4.74 Å². The summed E-state index contributed by atoms with van der Waals surface area (Å²) in [6, 6.07) is 7.09. The van der Waals surface area contributed by atoms with Crippen molar-refractivity contribution < 1.29 is 14.3 Å². The number of thiazole rings is 1. The van der Waals surface area contributed by atoms with Crippen molar-refractivity contribution in [2.75, 3.05) is 7.11 Å². The summed E-state index contributed by atoms with van der Waals surface area (Å²) in [5, 5.41) is 9.12. The zero-order valence-corrected chi connectivity index (χ0v) is 12.2. The molecule has 20 heavy (non-hydrogen) atoms. The van der Waals surface area contributed by atoms with Crippen molar-refractivity contribution in [1.29, 1.82) is 5.26 Å². The molecule has 0 spiro atoms. The van der Waals surface area contributed by atoms with Gasteiger partial charge in [-0.05, 0) is 24.6 Å². The van der Waals surface area contributed by atoms with E-state index in [1.165, 1.54) is 7.11 Å². The first-order valence-electron chi connectivity index (χ1n) is 5.48. The van der Waals surface area contributed by atoms with Crippen molar-refractivity contribution in [2.24, 2.45) is 0 Å². The van der Waals surface area contributed by atoms with Gasteiger partial charge in [0, 0.05) is 0 Å². The summed E-state index contributed by atoms with van der Waals surface area (Å²) in [7, 11) is 1.26. The van der Waals surface area contributed by atoms with Crippen LogP contribution < -0.4 is 4.74 Å². The fraction of sp³-hybridized carbons (Fsp3) is 0.154. The summed E-state index contributed by atoms with van der Waals surface area (Å²) in [6.45, 7) is 1.84. The molecule has 0 unspecified atom stereocenters. The first-order chi connectivity index (χ1) is 9.55. The number of aryl methyl sites for hydroxylation is 1. The molecule has 0 bridgehead atoms. The fourth-order valence-corrected chi connectivity index (χ4v) is 2.48. The predicted octanol–water partition coefficient (Wildman–Crippen LogP) is 3.56. The van der Waals surface area contributed by atoms with E-state index >= 15 is 0 Å². The molecule has 102 valence electrons. The van der Waals surface area contributed by atoms with Crippen LogP contribution in [0.15, 0.2) is 18.2 Å². The number of halogens is 1. The van der Waals surface area contributed by atoms with E-state index in [1.54, 1.807) is 18.2 Å². The van der Waals surface area contributed by atoms with Crippen LogP contribution in [0.5, 0.6) is 10.9 Å². The number of esters is 1. The van der Waals surface area contributed by atoms with Crippen molar-refractivity contribution in [3.05, 3.63) is 39.4 Å². The normalized spacial score (nSPS) is 9.90. The van der Waals surface area contributed by atoms with Crippen LogP contribution in [0.3, 0.4) is 0 Å². The molecule has 2 rings (SSSR count). The number of nitriles is 1. The van der Waals surface area contributed by atoms with Crippen LogP contribution >= 0.6 is 22.9 Å². The summed E-state index contributed by atoms with van der Waals surface area (Å²) in [5.74, 6) is -0.0734. The summed E-state index contributed by atoms with van der Waals surface area (Å²) in [4.78, 5) is 15.6. The number of hydrogen-bond donors (Lipinski definition) is 0. The molecule has 0 fully saturated rings. The Hall–Kier alpha value is -2.10. The molecule has 1 heterocycles. The minimum atomic E-state index is -0.565. The van der Waals surface area contributed by atoms with E-state index in [4.69, 9.17) is 21.6 Å². The Morgan fingerprint density at radius 1 is 1.50 bits per heavy atom. The molecule has 0 atom stereocenters. The Balaban J connectivity index is 2.31. The third-order valence-electron chi connectivity index (χ3n) is 2.45. The Labute approximate surface area is 124 Å². The lowest BCUT2D eigenvalue weighted by atomic mass is 10.1. The minimum absolute atomic E-state index is 0.0333. The number of rotatable bonds is 3. The fourth-order valence-electron chi connectivity index (χ4n) is 1.42. The van der Waals surface area contributed by atoms with Crippen molar-refractivity contribution >= 4 is 28.9 Å². The van der Waals surface area contributed by atoms with Crippen LogP contribution in [0.25, 0.3) is 0 Å². The van der Waals surface area contributed by atoms with Crippen molar-refractivity contribution in [3.63, 3.8) is 0 Å². The molecule has 2 aromatic rings. The SMILES string of the molecule is COC(=O)c1sc(Oc2cc(C#N)ccc2C)nc1Cl. The zero-order chi connectivity index (χ0) is 14.7. The Kier molecular flexibility index (Phi) is 4.23. The van der Waals surface area contributed by atoms with Crippen LogP contribution in [-0.4, -0.2) is 18.1 Å². The maximum absolute atomic E-state index is 11.4. The molecule has 1 aromatic heterocycles. The van der Waals surface area contributed by atoms with Crippen LogP contribution in [0.4, 0.5) is 0 Å². The second-order valence-corrected chi connectivity index (χ2v) is 5.11. The number of methoxy groups -OCH3 is 1. The van der Waals surface area contributed by atoms with Gasteiger partial charge in [0.1, 0.15) is 5.75 Å². The van der Waals surface area contributed by atoms with E-state index < -0.39 is 5.97 Å². The maximum Gasteiger partial charge on any atom is 0.351 e. The maximum atomic E-state index is 11.4. The molecular weight excluding hydrogens is 300 g/mol. The third-order valence-corrected chi connectivity index (χ3v) is 3.75. The number of carbonyl (C=O) groups is 1. The Morgan fingerprint density at radius 3 is 2.90 bits per heavy atom. The van der Waals surface area contributed by atoms with E-state index in [-0.39, 0.29) is 15.2 Å². The van der Waals surface area contributed by atoms with Gasteiger partial charge in [-0.1, -0.05) is 29.0 Å². The summed E-state index contributed by atoms with van der Waals surface area (Å²) >= 11 is 6.84. The molecule has 7 heteroatoms. The average molecular weight is 309 g/mol. The van der Waals surface area contributed by atoms with E-state index in [1.807, 2.05) is 13.0 Å². The van der Waals surface area contributed by atoms with Gasteiger partial charge in [0.25, 0.3) is 5.19 Å². The number of aromatic nitrogens is 1. The summed E-state index contributed by atoms with van der Waals surface area (Å²) in [6.07, 6.45) is 0. The molecule has 0 saturated carbocycles. The number of benzene rings is 1. The van der Waals surface area contributed by atoms with Crippen molar-refractivity contribution in [3.8, 4) is 17.0 Å². The molecule has 0 aliphatic rings. The highest BCUT2D eigenvalue weighted by Gasteiger charge is 2.19. The van der Waals surface area contributed by atoms with Gasteiger partial charge in [-0.15, -0.1) is 0 Å². The minimum Gasteiger partial charge on any atom is -0.465 e. The van der Waals surface area contributed by atoms with Gasteiger partial charge in [0.2, 0.25) is 0 Å². The van der Waals surface area contributed by atoms with E-state index in [0.29, 0.717) is 11.3 Å². The lowest BCUT2D eigenvalue weighted by Crippen LogP contribution is -1.98. The van der Waals surface area contributed by atoms with Gasteiger partial charge in [0.05, 0.1) is 18.7 Å². The van der Waals surface area contributed by atoms with Crippen LogP contribution in [0, 0.1) is 18.3 Å². The molecule has 0 saturated heterocycles. The molecular formula is C13H9ClN2O3S. The predicted molar refractivity (Wildman–Crippen MR) is 74.4 cm³/mol. The van der Waals surface area contributed by atoms with E-state index in [2.05, 4.69) is 9.72 Å². The first kappa shape index (κ1) is 14.3. The lowest BCUT2D eigenvalue weighted by Gasteiger charge is -2.05. The molecule has 0 amide bonds. The van der Waals surface area contributed by atoms with Crippen LogP contribution in [0.1, 0.15) is 20.8 Å². The zero-order valence-electron chi connectivity index (χ0n) is 10.6. The molecule has 0 radical (unpaired) electrons. The van der Waals surface area contributed by atoms with Crippen LogP contribution in [0.2, 0.25) is 5.15 Å². The van der Waals surface area contributed by atoms with Gasteiger partial charge in [-0.3, -0.25) is 0 Å². The molecule has 5 nitrogen and oxygen atoms in total. The first-order valence-corrected chi connectivity index (χ1v) is 6.68. The highest BCUT2D eigenvalue weighted by atomic mass is 35.5. The lowest BCUT2D eigenvalue weighted by molar-refractivity contribution is 0.0606. The summed E-state index contributed by atoms with van der Waals surface area (Å²) < 4.78 is 10.2. The molecule has 0 N–H and O–H groups in total. The quantitative estimate of drug-likeness (QED) is 0.811. The number of ether oxygens (including phenoxy) is 2.